The molecule has 7 nitrogen and oxygen atoms in total. The lowest BCUT2D eigenvalue weighted by Crippen LogP contribution is -2.55. The van der Waals surface area contributed by atoms with E-state index in [0.29, 0.717) is 26.2 Å². The van der Waals surface area contributed by atoms with Crippen LogP contribution in [0.4, 0.5) is 5.69 Å². The maximum Gasteiger partial charge on any atom is 0.264 e. The number of aryl methyl sites for hydroxylation is 1. The smallest absolute Gasteiger partial charge is 0.264 e. The van der Waals surface area contributed by atoms with Gasteiger partial charge >= 0.3 is 0 Å². The number of carbonyl (C=O) groups is 2. The number of hydrogen-bond donors (Lipinski definition) is 1. The summed E-state index contributed by atoms with van der Waals surface area (Å²) >= 11 is 19.8. The Kier molecular flexibility index (Phi) is 12.3. The van der Waals surface area contributed by atoms with Crippen molar-refractivity contribution in [3.05, 3.63) is 128 Å². The largest absolute Gasteiger partial charge is 0.352 e. The third-order valence-corrected chi connectivity index (χ3v) is 11.9. The van der Waals surface area contributed by atoms with Gasteiger partial charge in [-0.3, -0.25) is 13.9 Å². The predicted molar refractivity (Wildman–Crippen MR) is 198 cm³/mol. The van der Waals surface area contributed by atoms with Crippen LogP contribution in [-0.2, 0) is 32.6 Å². The number of benzene rings is 4. The maximum atomic E-state index is 14.8. The molecule has 0 radical (unpaired) electrons. The maximum absolute atomic E-state index is 14.8. The standard InChI is InChI=1S/C38H40Cl3N3O4S/c1-26-19-21-30(22-20-26)49(47,48)44(35-18-10-15-32(39)27(35)2)25-37(45)43(24-31-33(40)16-9-17-34(31)41)36(23-28-11-5-3-6-12-28)38(46)42-29-13-7-4-8-14-29/h3,5-6,9-12,15-22,29,36H,4,7-8,13-14,23-25H2,1-2H3,(H,42,46)/t36-/m1/s1. The number of amides is 2. The number of hydrogen-bond acceptors (Lipinski definition) is 4. The number of nitrogens with zero attached hydrogens (tertiary/aromatic N) is 2. The van der Waals surface area contributed by atoms with Crippen LogP contribution in [0.3, 0.4) is 0 Å². The van der Waals surface area contributed by atoms with Gasteiger partial charge in [0.25, 0.3) is 10.0 Å². The van der Waals surface area contributed by atoms with Crippen LogP contribution in [0.25, 0.3) is 0 Å². The zero-order valence-corrected chi connectivity index (χ0v) is 30.6. The molecule has 1 saturated carbocycles. The molecule has 0 aliphatic heterocycles. The molecule has 4 aromatic rings. The van der Waals surface area contributed by atoms with E-state index in [1.807, 2.05) is 37.3 Å². The number of halogens is 3. The summed E-state index contributed by atoms with van der Waals surface area (Å²) in [7, 11) is -4.28. The first-order valence-corrected chi connectivity index (χ1v) is 18.9. The first-order valence-electron chi connectivity index (χ1n) is 16.4. The molecule has 0 aromatic heterocycles. The fourth-order valence-corrected chi connectivity index (χ4v) is 8.33. The topological polar surface area (TPSA) is 86.8 Å². The molecule has 0 bridgehead atoms. The number of nitrogens with one attached hydrogen (secondary N) is 1. The number of anilines is 1. The summed E-state index contributed by atoms with van der Waals surface area (Å²) in [5.41, 5.74) is 2.92. The second kappa shape index (κ2) is 16.4. The summed E-state index contributed by atoms with van der Waals surface area (Å²) < 4.78 is 29.8. The van der Waals surface area contributed by atoms with Crippen molar-refractivity contribution >= 4 is 62.3 Å². The molecule has 0 spiro atoms. The molecule has 0 saturated heterocycles. The van der Waals surface area contributed by atoms with E-state index in [9.17, 15) is 18.0 Å². The minimum absolute atomic E-state index is 0.0156. The highest BCUT2D eigenvalue weighted by molar-refractivity contribution is 7.92. The Balaban J connectivity index is 1.61. The van der Waals surface area contributed by atoms with E-state index >= 15 is 0 Å². The predicted octanol–water partition coefficient (Wildman–Crippen LogP) is 8.55. The monoisotopic (exact) mass is 739 g/mol. The highest BCUT2D eigenvalue weighted by Gasteiger charge is 2.36. The first kappa shape index (κ1) is 36.7. The Morgan fingerprint density at radius 1 is 0.796 bits per heavy atom. The van der Waals surface area contributed by atoms with E-state index < -0.39 is 28.5 Å². The van der Waals surface area contributed by atoms with Crippen molar-refractivity contribution in [1.82, 2.24) is 10.2 Å². The van der Waals surface area contributed by atoms with Crippen molar-refractivity contribution in [3.63, 3.8) is 0 Å². The van der Waals surface area contributed by atoms with Crippen LogP contribution in [-0.4, -0.2) is 43.8 Å². The summed E-state index contributed by atoms with van der Waals surface area (Å²) in [6, 6.07) is 24.8. The van der Waals surface area contributed by atoms with E-state index in [-0.39, 0.29) is 35.5 Å². The van der Waals surface area contributed by atoms with Crippen LogP contribution in [0.5, 0.6) is 0 Å². The van der Waals surface area contributed by atoms with E-state index in [0.717, 1.165) is 47.5 Å². The van der Waals surface area contributed by atoms with Crippen LogP contribution in [0, 0.1) is 13.8 Å². The van der Waals surface area contributed by atoms with Gasteiger partial charge in [-0.05, 0) is 74.2 Å². The van der Waals surface area contributed by atoms with Crippen LogP contribution in [0.15, 0.2) is 95.9 Å². The molecule has 1 fully saturated rings. The molecule has 2 amide bonds. The van der Waals surface area contributed by atoms with Gasteiger partial charge in [-0.2, -0.15) is 0 Å². The highest BCUT2D eigenvalue weighted by Crippen LogP contribution is 2.33. The van der Waals surface area contributed by atoms with E-state index in [2.05, 4.69) is 5.32 Å². The molecule has 4 aromatic carbocycles. The second-order valence-corrected chi connectivity index (χ2v) is 15.6. The summed E-state index contributed by atoms with van der Waals surface area (Å²) in [4.78, 5) is 30.6. The lowest BCUT2D eigenvalue weighted by molar-refractivity contribution is -0.140. The number of sulfonamides is 1. The Morgan fingerprint density at radius 3 is 2.06 bits per heavy atom. The number of carbonyl (C=O) groups excluding carboxylic acids is 2. The third kappa shape index (κ3) is 8.97. The van der Waals surface area contributed by atoms with Gasteiger partial charge in [-0.1, -0.05) is 114 Å². The van der Waals surface area contributed by atoms with Gasteiger partial charge in [0.1, 0.15) is 12.6 Å². The number of rotatable bonds is 12. The van der Waals surface area contributed by atoms with Crippen molar-refractivity contribution in [1.29, 1.82) is 0 Å². The molecule has 1 aliphatic rings. The van der Waals surface area contributed by atoms with Crippen LogP contribution >= 0.6 is 34.8 Å². The second-order valence-electron chi connectivity index (χ2n) is 12.5. The molecule has 0 unspecified atom stereocenters. The van der Waals surface area contributed by atoms with Crippen molar-refractivity contribution in [2.24, 2.45) is 0 Å². The third-order valence-electron chi connectivity index (χ3n) is 9.01. The van der Waals surface area contributed by atoms with E-state index in [4.69, 9.17) is 34.8 Å². The lowest BCUT2D eigenvalue weighted by Gasteiger charge is -2.35. The summed E-state index contributed by atoms with van der Waals surface area (Å²) in [6.45, 7) is 2.83. The molecule has 49 heavy (non-hydrogen) atoms. The molecule has 0 heterocycles. The van der Waals surface area contributed by atoms with Gasteiger partial charge < -0.3 is 10.2 Å². The van der Waals surface area contributed by atoms with Gasteiger partial charge in [-0.25, -0.2) is 8.42 Å². The molecular formula is C38H40Cl3N3O4S. The van der Waals surface area contributed by atoms with Crippen molar-refractivity contribution < 1.29 is 18.0 Å². The summed E-state index contributed by atoms with van der Waals surface area (Å²) in [5, 5.41) is 4.20. The normalized spacial score (nSPS) is 14.2. The average molecular weight is 741 g/mol. The van der Waals surface area contributed by atoms with Crippen LogP contribution < -0.4 is 9.62 Å². The van der Waals surface area contributed by atoms with Crippen molar-refractivity contribution in [3.8, 4) is 0 Å². The Morgan fingerprint density at radius 2 is 1.41 bits per heavy atom. The van der Waals surface area contributed by atoms with Crippen molar-refractivity contribution in [2.75, 3.05) is 10.8 Å². The fourth-order valence-electron chi connectivity index (χ4n) is 6.17. The van der Waals surface area contributed by atoms with Crippen LogP contribution in [0.2, 0.25) is 15.1 Å². The lowest BCUT2D eigenvalue weighted by atomic mass is 9.94. The molecular weight excluding hydrogens is 701 g/mol. The first-order chi connectivity index (χ1) is 23.5. The Hall–Kier alpha value is -3.56. The van der Waals surface area contributed by atoms with Crippen molar-refractivity contribution in [2.45, 2.75) is 75.9 Å². The molecule has 1 aliphatic carbocycles. The van der Waals surface area contributed by atoms with Gasteiger partial charge in [0.2, 0.25) is 11.8 Å². The molecule has 11 heteroatoms. The minimum Gasteiger partial charge on any atom is -0.352 e. The molecule has 5 rings (SSSR count). The summed E-state index contributed by atoms with van der Waals surface area (Å²) in [6.07, 6.45) is 5.03. The minimum atomic E-state index is -4.28. The summed E-state index contributed by atoms with van der Waals surface area (Å²) in [5.74, 6) is -0.926. The quantitative estimate of drug-likeness (QED) is 0.158. The van der Waals surface area contributed by atoms with Gasteiger partial charge in [0, 0.05) is 39.6 Å². The zero-order valence-electron chi connectivity index (χ0n) is 27.5. The van der Waals surface area contributed by atoms with E-state index in [1.165, 1.54) is 17.0 Å². The fraction of sp³-hybridized carbons (Fsp3) is 0.316. The Bertz CT molecular complexity index is 1860. The molecule has 1 atom stereocenters. The van der Waals surface area contributed by atoms with Gasteiger partial charge in [0.05, 0.1) is 10.6 Å². The zero-order chi connectivity index (χ0) is 35.1. The molecule has 1 N–H and O–H groups in total. The molecule has 258 valence electrons. The van der Waals surface area contributed by atoms with Crippen LogP contribution in [0.1, 0.15) is 54.4 Å². The van der Waals surface area contributed by atoms with E-state index in [1.54, 1.807) is 55.5 Å². The Labute approximate surface area is 304 Å². The average Bonchev–Trinajstić information content (AvgIpc) is 3.08. The van der Waals surface area contributed by atoms with Gasteiger partial charge in [0.15, 0.2) is 0 Å². The SMILES string of the molecule is Cc1ccc(S(=O)(=O)N(CC(=O)N(Cc2c(Cl)cccc2Cl)[C@H](Cc2ccccc2)C(=O)NC2CCCCC2)c2cccc(Cl)c2C)cc1. The highest BCUT2D eigenvalue weighted by atomic mass is 35.5. The van der Waals surface area contributed by atoms with Gasteiger partial charge in [-0.15, -0.1) is 0 Å².